The van der Waals surface area contributed by atoms with E-state index >= 15 is 0 Å². The summed E-state index contributed by atoms with van der Waals surface area (Å²) in [6.45, 7) is -0.892. The second-order valence-electron chi connectivity index (χ2n) is 4.83. The molecule has 0 aliphatic heterocycles. The molecule has 2 aromatic rings. The normalized spacial score (nSPS) is 14.2. The number of carbonyl (C=O) groups is 1. The van der Waals surface area contributed by atoms with E-state index in [0.29, 0.717) is 0 Å². The molecule has 0 fully saturated rings. The number of rotatable bonds is 6. The number of hydrogen-bond acceptors (Lipinski definition) is 6. The van der Waals surface area contributed by atoms with E-state index in [0.717, 1.165) is 7.11 Å². The molecule has 7 heteroatoms. The molecule has 2 N–H and O–H groups in total. The largest absolute Gasteiger partial charge is 0.393 e. The first-order chi connectivity index (χ1) is 10.9. The number of Topliss-reactive ketones (excluding diaryl/α,β-unsaturated/α-hetero) is 1. The van der Waals surface area contributed by atoms with Gasteiger partial charge in [0.05, 0.1) is 13.7 Å². The van der Waals surface area contributed by atoms with Crippen molar-refractivity contribution in [1.29, 1.82) is 0 Å². The molecule has 0 aliphatic carbocycles. The maximum atomic E-state index is 12.8. The lowest BCUT2D eigenvalue weighted by atomic mass is 9.86. The van der Waals surface area contributed by atoms with Gasteiger partial charge in [0.1, 0.15) is 4.90 Å². The zero-order valence-electron chi connectivity index (χ0n) is 12.3. The molecule has 0 aliphatic rings. The van der Waals surface area contributed by atoms with Gasteiger partial charge in [-0.2, -0.15) is 8.42 Å². The van der Waals surface area contributed by atoms with Crippen LogP contribution in [0.25, 0.3) is 0 Å². The van der Waals surface area contributed by atoms with Crippen molar-refractivity contribution < 1.29 is 27.6 Å². The number of hydrogen-bond donors (Lipinski definition) is 2. The molecular weight excluding hydrogens is 320 g/mol. The second-order valence-corrected chi connectivity index (χ2v) is 6.51. The Balaban J connectivity index is 2.61. The van der Waals surface area contributed by atoms with Crippen molar-refractivity contribution in [3.8, 4) is 0 Å². The van der Waals surface area contributed by atoms with Crippen LogP contribution in [-0.4, -0.2) is 38.1 Å². The average Bonchev–Trinajstić information content (AvgIpc) is 2.61. The number of benzene rings is 2. The fourth-order valence-electron chi connectivity index (χ4n) is 2.19. The van der Waals surface area contributed by atoms with Gasteiger partial charge in [-0.25, -0.2) is 0 Å². The maximum Gasteiger partial charge on any atom is 0.297 e. The molecule has 0 aromatic heterocycles. The Bertz CT molecular complexity index is 800. The third-order valence-electron chi connectivity index (χ3n) is 3.48. The number of ketones is 1. The molecule has 0 saturated carbocycles. The Morgan fingerprint density at radius 1 is 1.09 bits per heavy atom. The van der Waals surface area contributed by atoms with Gasteiger partial charge in [-0.15, -0.1) is 0 Å². The summed E-state index contributed by atoms with van der Waals surface area (Å²) in [5.74, 6) is -0.928. The van der Waals surface area contributed by atoms with E-state index in [1.54, 1.807) is 18.2 Å². The molecule has 122 valence electrons. The molecule has 1 unspecified atom stereocenters. The lowest BCUT2D eigenvalue weighted by Crippen LogP contribution is -2.40. The highest BCUT2D eigenvalue weighted by Crippen LogP contribution is 2.29. The van der Waals surface area contributed by atoms with E-state index in [4.69, 9.17) is 0 Å². The molecule has 0 saturated heterocycles. The van der Waals surface area contributed by atoms with Crippen LogP contribution in [0, 0.1) is 0 Å². The zero-order valence-corrected chi connectivity index (χ0v) is 13.2. The fraction of sp³-hybridized carbons (Fsp3) is 0.188. The van der Waals surface area contributed by atoms with Crippen molar-refractivity contribution in [3.63, 3.8) is 0 Å². The predicted octanol–water partition coefficient (Wildman–Crippen LogP) is 1.08. The first kappa shape index (κ1) is 17.3. The third kappa shape index (κ3) is 3.18. The van der Waals surface area contributed by atoms with Crippen molar-refractivity contribution in [1.82, 2.24) is 0 Å². The van der Waals surface area contributed by atoms with E-state index in [-0.39, 0.29) is 16.0 Å². The van der Waals surface area contributed by atoms with Crippen LogP contribution in [0.1, 0.15) is 15.9 Å². The van der Waals surface area contributed by atoms with Gasteiger partial charge in [-0.1, -0.05) is 42.5 Å². The molecule has 0 radical (unpaired) electrons. The highest BCUT2D eigenvalue weighted by atomic mass is 32.2. The predicted molar refractivity (Wildman–Crippen MR) is 82.4 cm³/mol. The average molecular weight is 336 g/mol. The Kier molecular flexibility index (Phi) is 4.96. The smallest absolute Gasteiger partial charge is 0.297 e. The number of carbonyl (C=O) groups excluding carboxylic acids is 1. The maximum absolute atomic E-state index is 12.8. The van der Waals surface area contributed by atoms with Crippen molar-refractivity contribution in [3.05, 3.63) is 65.7 Å². The first-order valence-electron chi connectivity index (χ1n) is 6.70. The van der Waals surface area contributed by atoms with Crippen molar-refractivity contribution in [2.24, 2.45) is 0 Å². The van der Waals surface area contributed by atoms with Gasteiger partial charge in [0.2, 0.25) is 5.78 Å². The van der Waals surface area contributed by atoms with Crippen LogP contribution in [0.15, 0.2) is 59.5 Å². The summed E-state index contributed by atoms with van der Waals surface area (Å²) >= 11 is 0. The molecule has 0 bridgehead atoms. The monoisotopic (exact) mass is 336 g/mol. The van der Waals surface area contributed by atoms with E-state index in [1.165, 1.54) is 36.4 Å². The van der Waals surface area contributed by atoms with Gasteiger partial charge in [0.15, 0.2) is 5.60 Å². The SMILES string of the molecule is COS(=O)(=O)c1ccccc1C(=O)C(O)(CO)c1ccccc1. The molecule has 1 atom stereocenters. The Labute approximate surface area is 134 Å². The van der Waals surface area contributed by atoms with Gasteiger partial charge in [0.25, 0.3) is 10.1 Å². The third-order valence-corrected chi connectivity index (χ3v) is 4.81. The van der Waals surface area contributed by atoms with E-state index in [9.17, 15) is 23.4 Å². The summed E-state index contributed by atoms with van der Waals surface area (Å²) in [4.78, 5) is 12.4. The molecular formula is C16H16O6S. The quantitative estimate of drug-likeness (QED) is 0.605. The van der Waals surface area contributed by atoms with Crippen LogP contribution in [0.5, 0.6) is 0 Å². The molecule has 6 nitrogen and oxygen atoms in total. The standard InChI is InChI=1S/C16H16O6S/c1-22-23(20,21)14-10-6-5-9-13(14)15(18)16(19,11-17)12-7-3-2-4-8-12/h2-10,17,19H,11H2,1H3. The van der Waals surface area contributed by atoms with Crippen LogP contribution in [-0.2, 0) is 19.9 Å². The van der Waals surface area contributed by atoms with Crippen LogP contribution < -0.4 is 0 Å². The van der Waals surface area contributed by atoms with Crippen molar-refractivity contribution in [2.75, 3.05) is 13.7 Å². The topological polar surface area (TPSA) is 101 Å². The van der Waals surface area contributed by atoms with Gasteiger partial charge in [0, 0.05) is 5.56 Å². The minimum Gasteiger partial charge on any atom is -0.393 e. The van der Waals surface area contributed by atoms with Crippen molar-refractivity contribution in [2.45, 2.75) is 10.5 Å². The molecule has 23 heavy (non-hydrogen) atoms. The van der Waals surface area contributed by atoms with Gasteiger partial charge >= 0.3 is 0 Å². The molecule has 2 rings (SSSR count). The van der Waals surface area contributed by atoms with Crippen LogP contribution in [0.4, 0.5) is 0 Å². The zero-order chi connectivity index (χ0) is 17.1. The van der Waals surface area contributed by atoms with E-state index < -0.39 is 28.1 Å². The van der Waals surface area contributed by atoms with Gasteiger partial charge < -0.3 is 10.2 Å². The van der Waals surface area contributed by atoms with Crippen LogP contribution in [0.2, 0.25) is 0 Å². The highest BCUT2D eigenvalue weighted by Gasteiger charge is 2.40. The van der Waals surface area contributed by atoms with E-state index in [2.05, 4.69) is 4.18 Å². The molecule has 0 heterocycles. The fourth-order valence-corrected chi connectivity index (χ4v) is 3.05. The van der Waals surface area contributed by atoms with Gasteiger partial charge in [-0.05, 0) is 17.7 Å². The summed E-state index contributed by atoms with van der Waals surface area (Å²) in [5, 5.41) is 20.2. The van der Waals surface area contributed by atoms with Crippen LogP contribution in [0.3, 0.4) is 0 Å². The highest BCUT2D eigenvalue weighted by molar-refractivity contribution is 7.86. The molecule has 0 amide bonds. The number of aliphatic hydroxyl groups is 2. The second kappa shape index (κ2) is 6.59. The van der Waals surface area contributed by atoms with E-state index in [1.807, 2.05) is 0 Å². The van der Waals surface area contributed by atoms with Crippen molar-refractivity contribution >= 4 is 15.9 Å². The summed E-state index contributed by atoms with van der Waals surface area (Å²) in [6.07, 6.45) is 0. The minimum absolute atomic E-state index is 0.164. The first-order valence-corrected chi connectivity index (χ1v) is 8.11. The molecule has 2 aromatic carbocycles. The lowest BCUT2D eigenvalue weighted by molar-refractivity contribution is -0.00428. The Morgan fingerprint density at radius 2 is 1.65 bits per heavy atom. The summed E-state index contributed by atoms with van der Waals surface area (Å²) in [6, 6.07) is 13.2. The number of aliphatic hydroxyl groups excluding tert-OH is 1. The molecule has 0 spiro atoms. The van der Waals surface area contributed by atoms with Crippen LogP contribution >= 0.6 is 0 Å². The summed E-state index contributed by atoms with van der Waals surface area (Å²) < 4.78 is 28.4. The lowest BCUT2D eigenvalue weighted by Gasteiger charge is -2.25. The summed E-state index contributed by atoms with van der Waals surface area (Å²) in [7, 11) is -3.16. The summed E-state index contributed by atoms with van der Waals surface area (Å²) in [5.41, 5.74) is -2.34. The van der Waals surface area contributed by atoms with Gasteiger partial charge in [-0.3, -0.25) is 8.98 Å². The minimum atomic E-state index is -4.14. The Morgan fingerprint density at radius 3 is 2.22 bits per heavy atom. The Hall–Kier alpha value is -2.06.